The first-order chi connectivity index (χ1) is 10.6. The molecule has 0 amide bonds. The number of rotatable bonds is 7. The van der Waals surface area contributed by atoms with Crippen molar-refractivity contribution in [2.24, 2.45) is 0 Å². The topological polar surface area (TPSA) is 43.4 Å². The van der Waals surface area contributed by atoms with Gasteiger partial charge in [-0.05, 0) is 42.4 Å². The van der Waals surface area contributed by atoms with Gasteiger partial charge in [0, 0.05) is 11.8 Å². The number of carbonyl (C=O) groups excluding carboxylic acids is 2. The molecule has 1 aliphatic rings. The molecule has 0 saturated heterocycles. The minimum atomic E-state index is -0.445. The molecule has 0 spiro atoms. The number of benzene rings is 1. The Balaban J connectivity index is 1.91. The van der Waals surface area contributed by atoms with Crippen molar-refractivity contribution in [3.8, 4) is 0 Å². The van der Waals surface area contributed by atoms with Crippen LogP contribution in [-0.2, 0) is 14.3 Å². The number of thioether (sulfide) groups is 1. The molecule has 1 aromatic rings. The average Bonchev–Trinajstić information content (AvgIpc) is 2.85. The molecular weight excluding hydrogens is 296 g/mol. The van der Waals surface area contributed by atoms with Crippen molar-refractivity contribution in [2.75, 3.05) is 5.75 Å². The molecule has 0 heterocycles. The summed E-state index contributed by atoms with van der Waals surface area (Å²) < 4.78 is 4.94. The molecule has 0 aliphatic heterocycles. The highest BCUT2D eigenvalue weighted by Gasteiger charge is 2.30. The predicted molar refractivity (Wildman–Crippen MR) is 88.9 cm³/mol. The molecule has 0 bridgehead atoms. The van der Waals surface area contributed by atoms with Gasteiger partial charge >= 0.3 is 5.97 Å². The van der Waals surface area contributed by atoms with Gasteiger partial charge in [-0.25, -0.2) is 0 Å². The molecule has 0 saturated carbocycles. The van der Waals surface area contributed by atoms with E-state index in [0.717, 1.165) is 11.3 Å². The molecule has 0 fully saturated rings. The van der Waals surface area contributed by atoms with E-state index >= 15 is 0 Å². The first-order valence-electron chi connectivity index (χ1n) is 7.77. The molecule has 3 nitrogen and oxygen atoms in total. The van der Waals surface area contributed by atoms with Crippen LogP contribution in [0.3, 0.4) is 0 Å². The molecule has 22 heavy (non-hydrogen) atoms. The maximum Gasteiger partial charge on any atom is 0.308 e. The summed E-state index contributed by atoms with van der Waals surface area (Å²) in [5.41, 5.74) is 0.987. The van der Waals surface area contributed by atoms with Crippen molar-refractivity contribution in [3.63, 3.8) is 0 Å². The number of esters is 1. The third-order valence-corrected chi connectivity index (χ3v) is 4.75. The van der Waals surface area contributed by atoms with E-state index in [1.807, 2.05) is 23.9 Å². The predicted octanol–water partition coefficient (Wildman–Crippen LogP) is 4.47. The van der Waals surface area contributed by atoms with Crippen molar-refractivity contribution in [1.82, 2.24) is 0 Å². The van der Waals surface area contributed by atoms with Gasteiger partial charge in [0.15, 0.2) is 5.76 Å². The Labute approximate surface area is 136 Å². The van der Waals surface area contributed by atoms with E-state index < -0.39 is 5.97 Å². The summed E-state index contributed by atoms with van der Waals surface area (Å²) in [6.07, 6.45) is 6.05. The van der Waals surface area contributed by atoms with Gasteiger partial charge in [-0.1, -0.05) is 31.9 Å². The van der Waals surface area contributed by atoms with Gasteiger partial charge in [0.05, 0.1) is 5.92 Å². The first kappa shape index (κ1) is 16.8. The molecule has 2 rings (SSSR count). The number of ether oxygens (including phenoxy) is 1. The summed E-state index contributed by atoms with van der Waals surface area (Å²) >= 11 is 1.85. The van der Waals surface area contributed by atoms with Crippen molar-refractivity contribution < 1.29 is 14.3 Å². The molecule has 1 aliphatic carbocycles. The second kappa shape index (κ2) is 8.18. The minimum Gasteiger partial charge on any atom is -0.423 e. The summed E-state index contributed by atoms with van der Waals surface area (Å²) in [6.45, 7) is 3.52. The van der Waals surface area contributed by atoms with Gasteiger partial charge in [0.1, 0.15) is 0 Å². The number of carbonyl (C=O) groups is 2. The Bertz CT molecular complexity index is 560. The minimum absolute atomic E-state index is 0.0986. The van der Waals surface area contributed by atoms with Crippen LogP contribution in [0.2, 0.25) is 0 Å². The second-order valence-electron chi connectivity index (χ2n) is 5.44. The Morgan fingerprint density at radius 2 is 2.00 bits per heavy atom. The quantitative estimate of drug-likeness (QED) is 0.422. The Kier molecular flexibility index (Phi) is 6.25. The number of ketones is 1. The van der Waals surface area contributed by atoms with E-state index in [1.54, 1.807) is 6.08 Å². The highest BCUT2D eigenvalue weighted by molar-refractivity contribution is 7.99. The molecule has 0 radical (unpaired) electrons. The Morgan fingerprint density at radius 3 is 2.64 bits per heavy atom. The van der Waals surface area contributed by atoms with Crippen LogP contribution in [0.15, 0.2) is 41.0 Å². The van der Waals surface area contributed by atoms with Crippen molar-refractivity contribution >= 4 is 23.5 Å². The number of unbranched alkanes of at least 4 members (excludes halogenated alkanes) is 2. The Morgan fingerprint density at radius 1 is 1.27 bits per heavy atom. The lowest BCUT2D eigenvalue weighted by Crippen LogP contribution is -2.12. The normalized spacial score (nSPS) is 17.5. The second-order valence-corrected chi connectivity index (χ2v) is 6.61. The SMILES string of the molecule is CCCCCSc1ccc(C2CC=C(OC(C)=O)C2=O)cc1. The molecule has 1 atom stereocenters. The summed E-state index contributed by atoms with van der Waals surface area (Å²) in [5, 5.41) is 0. The van der Waals surface area contributed by atoms with Crippen LogP contribution in [0, 0.1) is 0 Å². The van der Waals surface area contributed by atoms with E-state index in [9.17, 15) is 9.59 Å². The van der Waals surface area contributed by atoms with E-state index in [0.29, 0.717) is 6.42 Å². The monoisotopic (exact) mass is 318 g/mol. The average molecular weight is 318 g/mol. The van der Waals surface area contributed by atoms with Gasteiger partial charge in [-0.15, -0.1) is 11.8 Å². The molecule has 4 heteroatoms. The lowest BCUT2D eigenvalue weighted by atomic mass is 9.96. The van der Waals surface area contributed by atoms with Gasteiger partial charge in [-0.2, -0.15) is 0 Å². The zero-order chi connectivity index (χ0) is 15.9. The summed E-state index contributed by atoms with van der Waals surface area (Å²) in [6, 6.07) is 8.16. The fourth-order valence-corrected chi connectivity index (χ4v) is 3.39. The fourth-order valence-electron chi connectivity index (χ4n) is 2.48. The maximum absolute atomic E-state index is 12.2. The van der Waals surface area contributed by atoms with Crippen LogP contribution >= 0.6 is 11.8 Å². The number of allylic oxidation sites excluding steroid dienone is 2. The number of hydrogen-bond acceptors (Lipinski definition) is 4. The lowest BCUT2D eigenvalue weighted by Gasteiger charge is -2.10. The highest BCUT2D eigenvalue weighted by Crippen LogP contribution is 2.32. The van der Waals surface area contributed by atoms with Crippen molar-refractivity contribution in [2.45, 2.75) is 50.3 Å². The third kappa shape index (κ3) is 4.47. The molecule has 1 unspecified atom stereocenters. The van der Waals surface area contributed by atoms with Gasteiger partial charge < -0.3 is 4.74 Å². The maximum atomic E-state index is 12.2. The van der Waals surface area contributed by atoms with Crippen molar-refractivity contribution in [1.29, 1.82) is 0 Å². The third-order valence-electron chi connectivity index (χ3n) is 3.65. The summed E-state index contributed by atoms with van der Waals surface area (Å²) in [7, 11) is 0. The first-order valence-corrected chi connectivity index (χ1v) is 8.76. The van der Waals surface area contributed by atoms with Gasteiger partial charge in [0.25, 0.3) is 0 Å². The molecule has 1 aromatic carbocycles. The zero-order valence-electron chi connectivity index (χ0n) is 13.1. The van der Waals surface area contributed by atoms with Crippen LogP contribution in [0.4, 0.5) is 0 Å². The van der Waals surface area contributed by atoms with Gasteiger partial charge in [0.2, 0.25) is 5.78 Å². The van der Waals surface area contributed by atoms with E-state index in [2.05, 4.69) is 19.1 Å². The van der Waals surface area contributed by atoms with E-state index in [1.165, 1.54) is 31.1 Å². The standard InChI is InChI=1S/C18H22O3S/c1-3-4-5-12-22-15-8-6-14(7-9-15)16-10-11-17(18(16)20)21-13(2)19/h6-9,11,16H,3-5,10,12H2,1-2H3. The largest absolute Gasteiger partial charge is 0.423 e. The molecule has 0 aromatic heterocycles. The summed E-state index contributed by atoms with van der Waals surface area (Å²) in [5.74, 6) is 0.565. The van der Waals surface area contributed by atoms with Crippen LogP contribution in [0.25, 0.3) is 0 Å². The van der Waals surface area contributed by atoms with Crippen LogP contribution in [0.5, 0.6) is 0 Å². The van der Waals surface area contributed by atoms with Crippen molar-refractivity contribution in [3.05, 3.63) is 41.7 Å². The summed E-state index contributed by atoms with van der Waals surface area (Å²) in [4.78, 5) is 24.4. The number of Topliss-reactive ketones (excluding diaryl/α,β-unsaturated/α-hetero) is 1. The van der Waals surface area contributed by atoms with Crippen LogP contribution < -0.4 is 0 Å². The highest BCUT2D eigenvalue weighted by atomic mass is 32.2. The molecule has 118 valence electrons. The lowest BCUT2D eigenvalue weighted by molar-refractivity contribution is -0.140. The van der Waals surface area contributed by atoms with Crippen LogP contribution in [-0.4, -0.2) is 17.5 Å². The van der Waals surface area contributed by atoms with Gasteiger partial charge in [-0.3, -0.25) is 9.59 Å². The van der Waals surface area contributed by atoms with Crippen LogP contribution in [0.1, 0.15) is 51.0 Å². The zero-order valence-corrected chi connectivity index (χ0v) is 13.9. The Hall–Kier alpha value is -1.55. The van der Waals surface area contributed by atoms with E-state index in [-0.39, 0.29) is 17.5 Å². The number of hydrogen-bond donors (Lipinski definition) is 0. The van der Waals surface area contributed by atoms with E-state index in [4.69, 9.17) is 4.74 Å². The fraction of sp³-hybridized carbons (Fsp3) is 0.444. The smallest absolute Gasteiger partial charge is 0.308 e. The molecular formula is C18H22O3S. The molecule has 0 N–H and O–H groups in total.